The van der Waals surface area contributed by atoms with Crippen molar-refractivity contribution >= 4 is 17.7 Å². The van der Waals surface area contributed by atoms with Crippen LogP contribution in [0.3, 0.4) is 0 Å². The van der Waals surface area contributed by atoms with Crippen LogP contribution in [-0.4, -0.2) is 41.9 Å². The topological polar surface area (TPSA) is 89.9 Å². The van der Waals surface area contributed by atoms with E-state index >= 15 is 0 Å². The molecule has 0 aliphatic heterocycles. The largest absolute Gasteiger partial charge is 0.465 e. The van der Waals surface area contributed by atoms with Gasteiger partial charge in [0.1, 0.15) is 6.04 Å². The highest BCUT2D eigenvalue weighted by molar-refractivity contribution is 5.98. The van der Waals surface area contributed by atoms with Crippen molar-refractivity contribution in [2.75, 3.05) is 18.6 Å². The summed E-state index contributed by atoms with van der Waals surface area (Å²) in [6.45, 7) is 1.31. The number of nitrogens with zero attached hydrogens (tertiary/aromatic N) is 1. The fraction of sp³-hybridized carbons (Fsp3) is 0.333. The van der Waals surface area contributed by atoms with Gasteiger partial charge in [-0.1, -0.05) is 12.1 Å². The fourth-order valence-corrected chi connectivity index (χ4v) is 1.53. The van der Waals surface area contributed by atoms with E-state index in [1.165, 1.54) is 11.9 Å². The Bertz CT molecular complexity index is 447. The first-order valence-corrected chi connectivity index (χ1v) is 5.40. The molecule has 1 unspecified atom stereocenters. The molecule has 0 bridgehead atoms. The molecule has 0 saturated carbocycles. The molecule has 18 heavy (non-hydrogen) atoms. The minimum absolute atomic E-state index is 0.509. The van der Waals surface area contributed by atoms with Crippen LogP contribution in [-0.2, 0) is 4.79 Å². The number of anilines is 1. The SMILES string of the molecule is Cc1cccc(N(C)C(=O)C(CO)NC(=O)O)c1. The second-order valence-corrected chi connectivity index (χ2v) is 3.92. The van der Waals surface area contributed by atoms with E-state index in [0.717, 1.165) is 5.56 Å². The molecule has 0 radical (unpaired) electrons. The number of likely N-dealkylation sites (N-methyl/N-ethyl adjacent to an activating group) is 1. The summed E-state index contributed by atoms with van der Waals surface area (Å²) in [6, 6.07) is 6.06. The van der Waals surface area contributed by atoms with Crippen molar-refractivity contribution in [1.29, 1.82) is 0 Å². The Balaban J connectivity index is 2.85. The summed E-state index contributed by atoms with van der Waals surface area (Å²) in [5.41, 5.74) is 1.63. The van der Waals surface area contributed by atoms with Crippen molar-refractivity contribution in [2.45, 2.75) is 13.0 Å². The van der Waals surface area contributed by atoms with Gasteiger partial charge in [0.05, 0.1) is 6.61 Å². The van der Waals surface area contributed by atoms with Crippen LogP contribution in [0.25, 0.3) is 0 Å². The summed E-state index contributed by atoms with van der Waals surface area (Å²) in [5, 5.41) is 19.6. The fourth-order valence-electron chi connectivity index (χ4n) is 1.53. The predicted octanol–water partition coefficient (Wildman–Crippen LogP) is 0.586. The Kier molecular flexibility index (Phi) is 4.67. The molecule has 1 aromatic rings. The summed E-state index contributed by atoms with van der Waals surface area (Å²) in [6.07, 6.45) is -1.35. The van der Waals surface area contributed by atoms with Gasteiger partial charge in [-0.25, -0.2) is 4.79 Å². The number of carbonyl (C=O) groups excluding carboxylic acids is 1. The molecule has 0 saturated heterocycles. The Labute approximate surface area is 105 Å². The second kappa shape index (κ2) is 6.02. The average Bonchev–Trinajstić information content (AvgIpc) is 2.34. The molecule has 0 aromatic heterocycles. The maximum atomic E-state index is 12.0. The Morgan fingerprint density at radius 3 is 2.61 bits per heavy atom. The van der Waals surface area contributed by atoms with E-state index < -0.39 is 24.6 Å². The molecule has 1 aromatic carbocycles. The van der Waals surface area contributed by atoms with Crippen molar-refractivity contribution in [3.8, 4) is 0 Å². The number of nitrogens with one attached hydrogen (secondary N) is 1. The Hall–Kier alpha value is -2.08. The van der Waals surface area contributed by atoms with Gasteiger partial charge in [-0.15, -0.1) is 0 Å². The van der Waals surface area contributed by atoms with E-state index in [2.05, 4.69) is 0 Å². The number of aliphatic hydroxyl groups excluding tert-OH is 1. The summed E-state index contributed by atoms with van der Waals surface area (Å²) in [5.74, 6) is -0.509. The van der Waals surface area contributed by atoms with Gasteiger partial charge in [0.25, 0.3) is 5.91 Å². The number of aryl methyl sites for hydroxylation is 1. The highest BCUT2D eigenvalue weighted by atomic mass is 16.4. The molecule has 2 amide bonds. The zero-order valence-corrected chi connectivity index (χ0v) is 10.3. The lowest BCUT2D eigenvalue weighted by Gasteiger charge is -2.22. The van der Waals surface area contributed by atoms with E-state index in [-0.39, 0.29) is 0 Å². The lowest BCUT2D eigenvalue weighted by atomic mass is 10.2. The average molecular weight is 252 g/mol. The zero-order chi connectivity index (χ0) is 13.7. The van der Waals surface area contributed by atoms with Crippen molar-refractivity contribution in [2.24, 2.45) is 0 Å². The standard InChI is InChI=1S/C12H16N2O4/c1-8-4-3-5-9(6-8)14(2)11(16)10(7-15)13-12(17)18/h3-6,10,13,15H,7H2,1-2H3,(H,17,18). The summed E-state index contributed by atoms with van der Waals surface area (Å²) < 4.78 is 0. The molecule has 0 fully saturated rings. The number of amides is 2. The van der Waals surface area contributed by atoms with E-state index in [0.29, 0.717) is 5.69 Å². The van der Waals surface area contributed by atoms with Crippen LogP contribution in [0, 0.1) is 6.92 Å². The van der Waals surface area contributed by atoms with Crippen LogP contribution < -0.4 is 10.2 Å². The minimum Gasteiger partial charge on any atom is -0.465 e. The monoisotopic (exact) mass is 252 g/mol. The number of aliphatic hydroxyl groups is 1. The van der Waals surface area contributed by atoms with Gasteiger partial charge in [-0.3, -0.25) is 4.79 Å². The molecule has 6 heteroatoms. The highest BCUT2D eigenvalue weighted by Gasteiger charge is 2.23. The Morgan fingerprint density at radius 1 is 1.44 bits per heavy atom. The zero-order valence-electron chi connectivity index (χ0n) is 10.3. The summed E-state index contributed by atoms with van der Waals surface area (Å²) in [7, 11) is 1.53. The number of hydrogen-bond donors (Lipinski definition) is 3. The van der Waals surface area contributed by atoms with E-state index in [1.54, 1.807) is 18.2 Å². The van der Waals surface area contributed by atoms with Crippen LogP contribution in [0.15, 0.2) is 24.3 Å². The first-order chi connectivity index (χ1) is 8.45. The molecule has 0 aliphatic rings. The number of carboxylic acid groups (broad SMARTS) is 1. The van der Waals surface area contributed by atoms with Crippen LogP contribution in [0.2, 0.25) is 0 Å². The van der Waals surface area contributed by atoms with Gasteiger partial charge >= 0.3 is 6.09 Å². The van der Waals surface area contributed by atoms with Gasteiger partial charge in [0.15, 0.2) is 0 Å². The lowest BCUT2D eigenvalue weighted by molar-refractivity contribution is -0.121. The number of benzene rings is 1. The smallest absolute Gasteiger partial charge is 0.405 e. The van der Waals surface area contributed by atoms with Crippen LogP contribution in [0.1, 0.15) is 5.56 Å². The van der Waals surface area contributed by atoms with Crippen molar-refractivity contribution in [3.63, 3.8) is 0 Å². The number of rotatable bonds is 4. The number of hydrogen-bond acceptors (Lipinski definition) is 3. The second-order valence-electron chi connectivity index (χ2n) is 3.92. The van der Waals surface area contributed by atoms with Gasteiger partial charge in [-0.2, -0.15) is 0 Å². The van der Waals surface area contributed by atoms with Gasteiger partial charge in [-0.05, 0) is 24.6 Å². The minimum atomic E-state index is -1.35. The molecule has 0 heterocycles. The van der Waals surface area contributed by atoms with Crippen LogP contribution in [0.5, 0.6) is 0 Å². The quantitative estimate of drug-likeness (QED) is 0.731. The van der Waals surface area contributed by atoms with Gasteiger partial charge in [0, 0.05) is 12.7 Å². The molecule has 6 nitrogen and oxygen atoms in total. The third-order valence-corrected chi connectivity index (χ3v) is 2.50. The molecular weight excluding hydrogens is 236 g/mol. The molecule has 1 rings (SSSR count). The van der Waals surface area contributed by atoms with Gasteiger partial charge < -0.3 is 20.4 Å². The molecular formula is C12H16N2O4. The third kappa shape index (κ3) is 3.46. The van der Waals surface area contributed by atoms with E-state index in [1.807, 2.05) is 18.3 Å². The van der Waals surface area contributed by atoms with Crippen LogP contribution in [0.4, 0.5) is 10.5 Å². The molecule has 0 aliphatic carbocycles. The van der Waals surface area contributed by atoms with Crippen molar-refractivity contribution in [3.05, 3.63) is 29.8 Å². The van der Waals surface area contributed by atoms with Crippen molar-refractivity contribution in [1.82, 2.24) is 5.32 Å². The van der Waals surface area contributed by atoms with Crippen molar-refractivity contribution < 1.29 is 19.8 Å². The third-order valence-electron chi connectivity index (χ3n) is 2.50. The molecule has 98 valence electrons. The van der Waals surface area contributed by atoms with Gasteiger partial charge in [0.2, 0.25) is 0 Å². The maximum absolute atomic E-state index is 12.0. The lowest BCUT2D eigenvalue weighted by Crippen LogP contribution is -2.49. The van der Waals surface area contributed by atoms with Crippen LogP contribution >= 0.6 is 0 Å². The molecule has 3 N–H and O–H groups in total. The molecule has 1 atom stereocenters. The summed E-state index contributed by atoms with van der Waals surface area (Å²) >= 11 is 0. The molecule has 0 spiro atoms. The van der Waals surface area contributed by atoms with E-state index in [9.17, 15) is 9.59 Å². The maximum Gasteiger partial charge on any atom is 0.405 e. The normalized spacial score (nSPS) is 11.7. The number of carbonyl (C=O) groups is 2. The first kappa shape index (κ1) is 14.0. The predicted molar refractivity (Wildman–Crippen MR) is 66.6 cm³/mol. The Morgan fingerprint density at radius 2 is 2.11 bits per heavy atom. The summed E-state index contributed by atoms with van der Waals surface area (Å²) in [4.78, 5) is 23.8. The highest BCUT2D eigenvalue weighted by Crippen LogP contribution is 2.15. The van der Waals surface area contributed by atoms with E-state index in [4.69, 9.17) is 10.2 Å². The first-order valence-electron chi connectivity index (χ1n) is 5.40.